The van der Waals surface area contributed by atoms with Gasteiger partial charge in [-0.3, -0.25) is 0 Å². The van der Waals surface area contributed by atoms with Crippen LogP contribution in [0.5, 0.6) is 0 Å². The van der Waals surface area contributed by atoms with Gasteiger partial charge in [0.1, 0.15) is 0 Å². The molecule has 0 amide bonds. The molecule has 0 N–H and O–H groups in total. The van der Waals surface area contributed by atoms with Crippen molar-refractivity contribution in [3.63, 3.8) is 0 Å². The molecule has 1 aliphatic carbocycles. The van der Waals surface area contributed by atoms with Crippen LogP contribution in [0.3, 0.4) is 0 Å². The van der Waals surface area contributed by atoms with E-state index in [0.717, 1.165) is 11.4 Å². The van der Waals surface area contributed by atoms with Gasteiger partial charge >= 0.3 is 0 Å². The van der Waals surface area contributed by atoms with Crippen LogP contribution < -0.4 is 4.90 Å². The van der Waals surface area contributed by atoms with E-state index in [0.29, 0.717) is 0 Å². The summed E-state index contributed by atoms with van der Waals surface area (Å²) in [5.41, 5.74) is 12.8. The summed E-state index contributed by atoms with van der Waals surface area (Å²) in [6.07, 6.45) is 0. The third-order valence-corrected chi connectivity index (χ3v) is 14.6. The smallest absolute Gasteiger partial charge is 0.0547 e. The molecule has 0 fully saturated rings. The summed E-state index contributed by atoms with van der Waals surface area (Å²) in [6.45, 7) is 11.6. The molecule has 3 heteroatoms. The quantitative estimate of drug-likeness (QED) is 0.173. The van der Waals surface area contributed by atoms with Crippen LogP contribution in [-0.4, -0.2) is 0 Å². The number of fused-ring (bicyclic) bond motifs is 10. The molecule has 0 unspecified atom stereocenters. The highest BCUT2D eigenvalue weighted by atomic mass is 32.1. The fourth-order valence-corrected chi connectivity index (χ4v) is 11.7. The Balaban J connectivity index is 1.21. The lowest BCUT2D eigenvalue weighted by atomic mass is 9.82. The highest BCUT2D eigenvalue weighted by Crippen LogP contribution is 2.53. The Bertz CT molecular complexity index is 3220. The lowest BCUT2D eigenvalue weighted by molar-refractivity contribution is 0.591. The first kappa shape index (κ1) is 33.6. The molecule has 0 radical (unpaired) electrons. The zero-order valence-electron chi connectivity index (χ0n) is 32.3. The summed E-state index contributed by atoms with van der Waals surface area (Å²) < 4.78 is 5.29. The van der Waals surface area contributed by atoms with E-state index < -0.39 is 0 Å². The van der Waals surface area contributed by atoms with Crippen molar-refractivity contribution in [1.82, 2.24) is 0 Å². The lowest BCUT2D eigenvalue weighted by Gasteiger charge is -2.30. The van der Waals surface area contributed by atoms with Crippen molar-refractivity contribution in [1.29, 1.82) is 0 Å². The zero-order valence-corrected chi connectivity index (χ0v) is 33.9. The van der Waals surface area contributed by atoms with Crippen molar-refractivity contribution in [2.45, 2.75) is 45.4 Å². The van der Waals surface area contributed by atoms with E-state index in [1.165, 1.54) is 95.7 Å². The van der Waals surface area contributed by atoms with Crippen LogP contribution in [0.4, 0.5) is 17.1 Å². The molecule has 10 aromatic rings. The standard InChI is InChI=1S/C53H41NS2/c1-52(2,3)33-22-25-39-40-26-23-35(31-49(40)55-48(39)29-33)54(34-24-27-45-43(30-34)37-15-8-10-19-44(37)53(45,4)5)46-28-21-32-13-6-7-14-36(32)50(46)42-18-12-17-41-38-16-9-11-20-47(38)56-51(41)42/h6-31H,1-5H3. The normalized spacial score (nSPS) is 13.6. The molecule has 2 aromatic heterocycles. The van der Waals surface area contributed by atoms with Crippen molar-refractivity contribution in [3.05, 3.63) is 174 Å². The molecular weight excluding hydrogens is 715 g/mol. The largest absolute Gasteiger partial charge is 0.310 e. The number of hydrogen-bond acceptors (Lipinski definition) is 3. The molecule has 8 aromatic carbocycles. The van der Waals surface area contributed by atoms with Crippen LogP contribution >= 0.6 is 22.7 Å². The molecule has 1 aliphatic rings. The average Bonchev–Trinajstić information content (AvgIpc) is 3.85. The van der Waals surface area contributed by atoms with Gasteiger partial charge in [-0.2, -0.15) is 0 Å². The molecule has 0 bridgehead atoms. The minimum Gasteiger partial charge on any atom is -0.310 e. The molecule has 1 nitrogen and oxygen atoms in total. The molecule has 0 spiro atoms. The van der Waals surface area contributed by atoms with Crippen LogP contribution in [-0.2, 0) is 10.8 Å². The topological polar surface area (TPSA) is 3.24 Å². The van der Waals surface area contributed by atoms with Crippen molar-refractivity contribution in [3.8, 4) is 22.3 Å². The molecule has 0 saturated heterocycles. The van der Waals surface area contributed by atoms with E-state index in [1.807, 2.05) is 22.7 Å². The van der Waals surface area contributed by atoms with Crippen LogP contribution in [0.1, 0.15) is 51.3 Å². The van der Waals surface area contributed by atoms with E-state index in [1.54, 1.807) is 0 Å². The Morgan fingerprint density at radius 1 is 0.464 bits per heavy atom. The first-order valence-corrected chi connectivity index (χ1v) is 21.2. The zero-order chi connectivity index (χ0) is 37.9. The highest BCUT2D eigenvalue weighted by Gasteiger charge is 2.36. The summed E-state index contributed by atoms with van der Waals surface area (Å²) in [6, 6.07) is 59.6. The van der Waals surface area contributed by atoms with Gasteiger partial charge in [0.2, 0.25) is 0 Å². The minimum atomic E-state index is -0.0673. The van der Waals surface area contributed by atoms with Gasteiger partial charge in [0.05, 0.1) is 5.69 Å². The Hall–Kier alpha value is -5.74. The first-order chi connectivity index (χ1) is 27.1. The van der Waals surface area contributed by atoms with E-state index in [9.17, 15) is 0 Å². The van der Waals surface area contributed by atoms with Gasteiger partial charge in [-0.05, 0) is 86.5 Å². The van der Waals surface area contributed by atoms with Crippen LogP contribution in [0.25, 0.3) is 73.4 Å². The predicted molar refractivity (Wildman–Crippen MR) is 246 cm³/mol. The number of benzene rings is 8. The molecule has 270 valence electrons. The Kier molecular flexibility index (Phi) is 7.27. The molecular formula is C53H41NS2. The number of anilines is 3. The van der Waals surface area contributed by atoms with Crippen LogP contribution in [0.2, 0.25) is 0 Å². The van der Waals surface area contributed by atoms with Gasteiger partial charge in [-0.15, -0.1) is 22.7 Å². The van der Waals surface area contributed by atoms with Crippen molar-refractivity contribution >= 4 is 90.9 Å². The Morgan fingerprint density at radius 2 is 1.11 bits per heavy atom. The first-order valence-electron chi connectivity index (χ1n) is 19.6. The van der Waals surface area contributed by atoms with Gasteiger partial charge in [-0.1, -0.05) is 150 Å². The number of hydrogen-bond donors (Lipinski definition) is 0. The maximum Gasteiger partial charge on any atom is 0.0547 e. The van der Waals surface area contributed by atoms with Crippen molar-refractivity contribution < 1.29 is 0 Å². The maximum atomic E-state index is 2.53. The number of nitrogens with zero attached hydrogens (tertiary/aromatic N) is 1. The number of rotatable bonds is 4. The van der Waals surface area contributed by atoms with Gasteiger partial charge in [0.15, 0.2) is 0 Å². The highest BCUT2D eigenvalue weighted by molar-refractivity contribution is 7.26. The predicted octanol–water partition coefficient (Wildman–Crippen LogP) is 16.3. The van der Waals surface area contributed by atoms with Gasteiger partial charge in [0.25, 0.3) is 0 Å². The molecule has 0 saturated carbocycles. The fraction of sp³-hybridized carbons (Fsp3) is 0.132. The lowest BCUT2D eigenvalue weighted by Crippen LogP contribution is -2.15. The third-order valence-electron chi connectivity index (χ3n) is 12.2. The third kappa shape index (κ3) is 4.97. The summed E-state index contributed by atoms with van der Waals surface area (Å²) in [4.78, 5) is 2.53. The monoisotopic (exact) mass is 755 g/mol. The second-order valence-corrected chi connectivity index (χ2v) is 19.1. The molecule has 0 atom stereocenters. The number of thiophene rings is 2. The fourth-order valence-electron chi connectivity index (χ4n) is 9.32. The summed E-state index contributed by atoms with van der Waals surface area (Å²) in [5, 5.41) is 7.76. The molecule has 2 heterocycles. The molecule has 0 aliphatic heterocycles. The maximum absolute atomic E-state index is 2.53. The van der Waals surface area contributed by atoms with E-state index in [-0.39, 0.29) is 10.8 Å². The SMILES string of the molecule is CC(C)(C)c1ccc2c(c1)sc1cc(N(c3ccc4c(c3)-c3ccccc3C4(C)C)c3ccc4ccccc4c3-c3cccc4c3sc3ccccc34)ccc12. The van der Waals surface area contributed by atoms with Gasteiger partial charge in [-0.25, -0.2) is 0 Å². The minimum absolute atomic E-state index is 0.0673. The Morgan fingerprint density at radius 3 is 1.96 bits per heavy atom. The van der Waals surface area contributed by atoms with Crippen LogP contribution in [0.15, 0.2) is 158 Å². The van der Waals surface area contributed by atoms with Crippen molar-refractivity contribution in [2.24, 2.45) is 0 Å². The Labute approximate surface area is 336 Å². The molecule has 56 heavy (non-hydrogen) atoms. The second kappa shape index (κ2) is 12.1. The van der Waals surface area contributed by atoms with E-state index >= 15 is 0 Å². The molecule has 11 rings (SSSR count). The van der Waals surface area contributed by atoms with Crippen LogP contribution in [0, 0.1) is 0 Å². The van der Waals surface area contributed by atoms with Gasteiger partial charge in [0, 0.05) is 68.3 Å². The van der Waals surface area contributed by atoms with Gasteiger partial charge < -0.3 is 4.90 Å². The summed E-state index contributed by atoms with van der Waals surface area (Å²) in [5.74, 6) is 0. The summed E-state index contributed by atoms with van der Waals surface area (Å²) >= 11 is 3.81. The van der Waals surface area contributed by atoms with E-state index in [2.05, 4.69) is 197 Å². The second-order valence-electron chi connectivity index (χ2n) is 16.9. The van der Waals surface area contributed by atoms with Crippen molar-refractivity contribution in [2.75, 3.05) is 4.90 Å². The average molecular weight is 756 g/mol. The summed E-state index contributed by atoms with van der Waals surface area (Å²) in [7, 11) is 0. The van der Waals surface area contributed by atoms with E-state index in [4.69, 9.17) is 0 Å².